The molecule has 0 aromatic heterocycles. The van der Waals surface area contributed by atoms with Crippen LogP contribution in [0.3, 0.4) is 0 Å². The summed E-state index contributed by atoms with van der Waals surface area (Å²) in [6, 6.07) is 4.55. The molecular formula is C21H32FN3O3S. The zero-order valence-corrected chi connectivity index (χ0v) is 18.9. The molecule has 0 unspecified atom stereocenters. The molecule has 8 heteroatoms. The third-order valence-electron chi connectivity index (χ3n) is 4.36. The van der Waals surface area contributed by atoms with E-state index < -0.39 is 27.4 Å². The lowest BCUT2D eigenvalue weighted by Crippen LogP contribution is -2.36. The Hall–Kier alpha value is -1.96. The first-order chi connectivity index (χ1) is 13.3. The maximum Gasteiger partial charge on any atom is 0.407 e. The lowest BCUT2D eigenvalue weighted by Gasteiger charge is -2.22. The van der Waals surface area contributed by atoms with E-state index in [1.807, 2.05) is 41.5 Å². The topological polar surface area (TPSA) is 71.0 Å². The molecule has 0 spiro atoms. The molecule has 1 fully saturated rings. The van der Waals surface area contributed by atoms with E-state index in [-0.39, 0.29) is 11.7 Å². The number of anilines is 1. The Morgan fingerprint density at radius 2 is 2.03 bits per heavy atom. The lowest BCUT2D eigenvalue weighted by molar-refractivity contribution is 0.0520. The standard InChI is InChI=1S/C21H32FN3O3S/c1-20(2,3)28-19(26)23-12-15-9-10-25(14-15)18-8-7-17(22)11-16(18)13-24-29(27)21(4,5)6/h7-8,11,13,15H,9-10,12,14H2,1-6H3,(H,23,26)/b24-13+/t15-,29-/m1/s1. The fraction of sp³-hybridized carbons (Fsp3) is 0.619. The minimum atomic E-state index is -1.41. The van der Waals surface area contributed by atoms with Gasteiger partial charge in [0, 0.05) is 37.1 Å². The smallest absolute Gasteiger partial charge is 0.407 e. The molecular weight excluding hydrogens is 393 g/mol. The van der Waals surface area contributed by atoms with Crippen molar-refractivity contribution in [2.24, 2.45) is 10.3 Å². The summed E-state index contributed by atoms with van der Waals surface area (Å²) in [5.41, 5.74) is 0.922. The van der Waals surface area contributed by atoms with Crippen LogP contribution in [0, 0.1) is 11.7 Å². The number of nitrogens with one attached hydrogen (secondary N) is 1. The van der Waals surface area contributed by atoms with Crippen molar-refractivity contribution in [1.82, 2.24) is 5.32 Å². The first kappa shape index (κ1) is 23.3. The highest BCUT2D eigenvalue weighted by Crippen LogP contribution is 2.27. The second kappa shape index (κ2) is 9.24. The van der Waals surface area contributed by atoms with Crippen LogP contribution in [0.4, 0.5) is 14.9 Å². The minimum absolute atomic E-state index is 0.265. The van der Waals surface area contributed by atoms with Gasteiger partial charge in [0.25, 0.3) is 0 Å². The van der Waals surface area contributed by atoms with Crippen LogP contribution in [0.2, 0.25) is 0 Å². The van der Waals surface area contributed by atoms with Crippen LogP contribution >= 0.6 is 0 Å². The monoisotopic (exact) mass is 425 g/mol. The van der Waals surface area contributed by atoms with Crippen LogP contribution in [0.15, 0.2) is 22.6 Å². The molecule has 1 amide bonds. The van der Waals surface area contributed by atoms with Crippen LogP contribution in [-0.2, 0) is 15.7 Å². The van der Waals surface area contributed by atoms with Gasteiger partial charge in [-0.1, -0.05) is 0 Å². The van der Waals surface area contributed by atoms with Crippen molar-refractivity contribution in [2.45, 2.75) is 58.3 Å². The lowest BCUT2D eigenvalue weighted by atomic mass is 10.1. The molecule has 1 aliphatic rings. The van der Waals surface area contributed by atoms with Crippen molar-refractivity contribution in [3.05, 3.63) is 29.6 Å². The Kier molecular flexibility index (Phi) is 7.43. The molecule has 1 aromatic rings. The number of carbonyl (C=O) groups excluding carboxylic acids is 1. The molecule has 2 rings (SSSR count). The van der Waals surface area contributed by atoms with Gasteiger partial charge in [-0.15, -0.1) is 0 Å². The van der Waals surface area contributed by atoms with Gasteiger partial charge in [0.1, 0.15) is 22.4 Å². The Balaban J connectivity index is 2.03. The second-order valence-electron chi connectivity index (χ2n) is 9.28. The van der Waals surface area contributed by atoms with Crippen molar-refractivity contribution < 1.29 is 18.1 Å². The van der Waals surface area contributed by atoms with E-state index in [1.165, 1.54) is 18.3 Å². The number of halogens is 1. The normalized spacial score (nSPS) is 18.9. The van der Waals surface area contributed by atoms with Gasteiger partial charge in [-0.05, 0) is 72.1 Å². The van der Waals surface area contributed by atoms with Gasteiger partial charge in [0.15, 0.2) is 0 Å². The SMILES string of the molecule is CC(C)(C)OC(=O)NC[C@H]1CCN(c2ccc(F)cc2/C=N/[S@](=O)C(C)(C)C)C1. The molecule has 1 saturated heterocycles. The van der Waals surface area contributed by atoms with Crippen LogP contribution in [0.25, 0.3) is 0 Å². The molecule has 1 N–H and O–H groups in total. The number of carbonyl (C=O) groups is 1. The van der Waals surface area contributed by atoms with Gasteiger partial charge < -0.3 is 15.0 Å². The summed E-state index contributed by atoms with van der Waals surface area (Å²) in [7, 11) is -1.41. The average Bonchev–Trinajstić information content (AvgIpc) is 3.04. The Bertz CT molecular complexity index is 784. The summed E-state index contributed by atoms with van der Waals surface area (Å²) in [4.78, 5) is 14.0. The molecule has 6 nitrogen and oxygen atoms in total. The van der Waals surface area contributed by atoms with Gasteiger partial charge in [-0.25, -0.2) is 13.4 Å². The summed E-state index contributed by atoms with van der Waals surface area (Å²) in [6.45, 7) is 13.0. The molecule has 0 saturated carbocycles. The minimum Gasteiger partial charge on any atom is -0.444 e. The molecule has 1 aliphatic heterocycles. The predicted octanol–water partition coefficient (Wildman–Crippen LogP) is 4.06. The first-order valence-corrected chi connectivity index (χ1v) is 10.9. The van der Waals surface area contributed by atoms with Crippen LogP contribution in [0.5, 0.6) is 0 Å². The summed E-state index contributed by atoms with van der Waals surface area (Å²) in [5, 5.41) is 2.82. The third kappa shape index (κ3) is 7.42. The quantitative estimate of drug-likeness (QED) is 0.723. The van der Waals surface area contributed by atoms with Gasteiger partial charge in [0.05, 0.1) is 4.75 Å². The molecule has 29 heavy (non-hydrogen) atoms. The average molecular weight is 426 g/mol. The zero-order chi connectivity index (χ0) is 21.8. The molecule has 2 atom stereocenters. The Morgan fingerprint density at radius 1 is 1.34 bits per heavy atom. The first-order valence-electron chi connectivity index (χ1n) is 9.82. The van der Waals surface area contributed by atoms with E-state index in [9.17, 15) is 13.4 Å². The van der Waals surface area contributed by atoms with E-state index in [0.717, 1.165) is 25.2 Å². The molecule has 1 heterocycles. The summed E-state index contributed by atoms with van der Waals surface area (Å²) in [5.74, 6) is -0.0971. The number of alkyl carbamates (subject to hydrolysis) is 1. The summed E-state index contributed by atoms with van der Waals surface area (Å²) >= 11 is 0. The van der Waals surface area contributed by atoms with Gasteiger partial charge in [-0.2, -0.15) is 4.40 Å². The highest BCUT2D eigenvalue weighted by molar-refractivity contribution is 7.85. The van der Waals surface area contributed by atoms with Crippen molar-refractivity contribution in [3.63, 3.8) is 0 Å². The zero-order valence-electron chi connectivity index (χ0n) is 18.1. The van der Waals surface area contributed by atoms with Crippen molar-refractivity contribution >= 4 is 29.0 Å². The van der Waals surface area contributed by atoms with Gasteiger partial charge in [0.2, 0.25) is 0 Å². The van der Waals surface area contributed by atoms with Crippen molar-refractivity contribution in [1.29, 1.82) is 0 Å². The largest absolute Gasteiger partial charge is 0.444 e. The number of hydrogen-bond donors (Lipinski definition) is 1. The van der Waals surface area contributed by atoms with E-state index in [2.05, 4.69) is 14.6 Å². The molecule has 0 aliphatic carbocycles. The maximum atomic E-state index is 13.8. The van der Waals surface area contributed by atoms with Crippen molar-refractivity contribution in [2.75, 3.05) is 24.5 Å². The predicted molar refractivity (Wildman–Crippen MR) is 116 cm³/mol. The van der Waals surface area contributed by atoms with E-state index >= 15 is 0 Å². The van der Waals surface area contributed by atoms with E-state index in [4.69, 9.17) is 4.74 Å². The number of amides is 1. The second-order valence-corrected chi connectivity index (χ2v) is 11.2. The molecule has 162 valence electrons. The van der Waals surface area contributed by atoms with Crippen LogP contribution in [0.1, 0.15) is 53.5 Å². The molecule has 0 bridgehead atoms. The van der Waals surface area contributed by atoms with Gasteiger partial charge >= 0.3 is 6.09 Å². The van der Waals surface area contributed by atoms with Crippen LogP contribution < -0.4 is 10.2 Å². The fourth-order valence-electron chi connectivity index (χ4n) is 2.94. The number of benzene rings is 1. The number of rotatable bonds is 5. The van der Waals surface area contributed by atoms with Crippen LogP contribution in [-0.4, -0.2) is 46.5 Å². The number of ether oxygens (including phenoxy) is 1. The van der Waals surface area contributed by atoms with E-state index in [1.54, 1.807) is 6.07 Å². The van der Waals surface area contributed by atoms with Gasteiger partial charge in [-0.3, -0.25) is 0 Å². The third-order valence-corrected chi connectivity index (χ3v) is 5.71. The Labute approximate surface area is 175 Å². The summed E-state index contributed by atoms with van der Waals surface area (Å²) < 4.78 is 34.9. The number of hydrogen-bond acceptors (Lipinski definition) is 4. The Morgan fingerprint density at radius 3 is 2.66 bits per heavy atom. The number of nitrogens with zero attached hydrogens (tertiary/aromatic N) is 2. The van der Waals surface area contributed by atoms with E-state index in [0.29, 0.717) is 12.1 Å². The molecule has 0 radical (unpaired) electrons. The summed E-state index contributed by atoms with van der Waals surface area (Å²) in [6.07, 6.45) is 1.97. The maximum absolute atomic E-state index is 13.8. The fourth-order valence-corrected chi connectivity index (χ4v) is 3.46. The highest BCUT2D eigenvalue weighted by atomic mass is 32.2. The highest BCUT2D eigenvalue weighted by Gasteiger charge is 2.26. The van der Waals surface area contributed by atoms with Crippen molar-refractivity contribution in [3.8, 4) is 0 Å². The molecule has 1 aromatic carbocycles.